The quantitative estimate of drug-likeness (QED) is 0.674. The van der Waals surface area contributed by atoms with Crippen LogP contribution in [0.2, 0.25) is 10.0 Å². The van der Waals surface area contributed by atoms with E-state index in [-0.39, 0.29) is 6.10 Å². The first-order valence-electron chi connectivity index (χ1n) is 6.44. The molecule has 0 aliphatic carbocycles. The summed E-state index contributed by atoms with van der Waals surface area (Å²) in [7, 11) is 1.65. The summed E-state index contributed by atoms with van der Waals surface area (Å²) in [5, 5.41) is 4.43. The van der Waals surface area contributed by atoms with Gasteiger partial charge in [-0.25, -0.2) is 0 Å². The first-order chi connectivity index (χ1) is 9.43. The average Bonchev–Trinajstić information content (AvgIpc) is 2.35. The summed E-state index contributed by atoms with van der Waals surface area (Å²) in [6, 6.07) is 3.43. The van der Waals surface area contributed by atoms with Crippen LogP contribution in [0.3, 0.4) is 0 Å². The van der Waals surface area contributed by atoms with Crippen molar-refractivity contribution in [2.75, 3.05) is 26.8 Å². The number of rotatable bonds is 8. The topological polar surface area (TPSA) is 30.5 Å². The van der Waals surface area contributed by atoms with Crippen molar-refractivity contribution in [1.29, 1.82) is 0 Å². The molecule has 0 spiro atoms. The number of hydrogen-bond donors (Lipinski definition) is 1. The summed E-state index contributed by atoms with van der Waals surface area (Å²) in [4.78, 5) is 0. The number of methoxy groups -OCH3 is 1. The van der Waals surface area contributed by atoms with Crippen molar-refractivity contribution in [2.24, 2.45) is 5.92 Å². The minimum Gasteiger partial charge on any atom is -0.485 e. The highest BCUT2D eigenvalue weighted by atomic mass is 79.9. The highest BCUT2D eigenvalue weighted by Gasteiger charge is 2.14. The Bertz CT molecular complexity index is 430. The normalized spacial score (nSPS) is 12.8. The fourth-order valence-corrected chi connectivity index (χ4v) is 2.46. The molecule has 0 aromatic heterocycles. The van der Waals surface area contributed by atoms with E-state index in [0.29, 0.717) is 34.9 Å². The van der Waals surface area contributed by atoms with Gasteiger partial charge in [-0.15, -0.1) is 0 Å². The maximum absolute atomic E-state index is 6.16. The van der Waals surface area contributed by atoms with Gasteiger partial charge in [0.1, 0.15) is 11.9 Å². The van der Waals surface area contributed by atoms with Crippen LogP contribution in [-0.4, -0.2) is 32.9 Å². The molecule has 1 atom stereocenters. The second kappa shape index (κ2) is 9.11. The Morgan fingerprint density at radius 1 is 1.20 bits per heavy atom. The van der Waals surface area contributed by atoms with E-state index in [0.717, 1.165) is 11.0 Å². The molecule has 0 amide bonds. The summed E-state index contributed by atoms with van der Waals surface area (Å²) in [5.74, 6) is 1.15. The van der Waals surface area contributed by atoms with Crippen LogP contribution in [0.15, 0.2) is 16.6 Å². The Labute approximate surface area is 139 Å². The Hall–Kier alpha value is -0.0000000000000000555. The standard InChI is InChI=1S/C14H20BrCl2NO2/c1-9(2)6-18-7-10(8-19-3)20-14-5-12(16)11(15)4-13(14)17/h4-5,9-10,18H,6-8H2,1-3H3. The molecule has 1 rings (SSSR count). The van der Waals surface area contributed by atoms with E-state index in [1.54, 1.807) is 19.2 Å². The Morgan fingerprint density at radius 2 is 1.90 bits per heavy atom. The smallest absolute Gasteiger partial charge is 0.140 e. The number of benzene rings is 1. The predicted octanol–water partition coefficient (Wildman–Crippen LogP) is 4.40. The van der Waals surface area contributed by atoms with Gasteiger partial charge in [0, 0.05) is 24.2 Å². The van der Waals surface area contributed by atoms with E-state index in [2.05, 4.69) is 35.1 Å². The van der Waals surface area contributed by atoms with E-state index in [9.17, 15) is 0 Å². The Morgan fingerprint density at radius 3 is 2.50 bits per heavy atom. The summed E-state index contributed by atoms with van der Waals surface area (Å²) in [6.45, 7) is 6.42. The summed E-state index contributed by atoms with van der Waals surface area (Å²) < 4.78 is 11.8. The van der Waals surface area contributed by atoms with Gasteiger partial charge in [-0.1, -0.05) is 37.0 Å². The highest BCUT2D eigenvalue weighted by Crippen LogP contribution is 2.34. The van der Waals surface area contributed by atoms with Crippen LogP contribution in [0.25, 0.3) is 0 Å². The molecule has 1 unspecified atom stereocenters. The van der Waals surface area contributed by atoms with E-state index in [4.69, 9.17) is 32.7 Å². The molecule has 1 aromatic rings. The second-order valence-corrected chi connectivity index (χ2v) is 6.61. The van der Waals surface area contributed by atoms with Crippen LogP contribution in [-0.2, 0) is 4.74 Å². The van der Waals surface area contributed by atoms with Crippen molar-refractivity contribution in [3.05, 3.63) is 26.7 Å². The third-order valence-corrected chi connectivity index (χ3v) is 4.04. The Balaban J connectivity index is 2.67. The lowest BCUT2D eigenvalue weighted by molar-refractivity contribution is 0.0803. The number of halogens is 3. The fraction of sp³-hybridized carbons (Fsp3) is 0.571. The van der Waals surface area contributed by atoms with E-state index >= 15 is 0 Å². The van der Waals surface area contributed by atoms with Crippen LogP contribution in [0.4, 0.5) is 0 Å². The van der Waals surface area contributed by atoms with Gasteiger partial charge in [-0.05, 0) is 34.5 Å². The zero-order valence-corrected chi connectivity index (χ0v) is 15.0. The zero-order valence-electron chi connectivity index (χ0n) is 11.9. The SMILES string of the molecule is COCC(CNCC(C)C)Oc1cc(Cl)c(Br)cc1Cl. The molecule has 6 heteroatoms. The molecular weight excluding hydrogens is 365 g/mol. The molecule has 0 aliphatic heterocycles. The molecule has 114 valence electrons. The maximum atomic E-state index is 6.16. The molecule has 3 nitrogen and oxygen atoms in total. The molecular formula is C14H20BrCl2NO2. The van der Waals surface area contributed by atoms with Gasteiger partial charge >= 0.3 is 0 Å². The molecule has 20 heavy (non-hydrogen) atoms. The molecule has 0 fully saturated rings. The highest BCUT2D eigenvalue weighted by molar-refractivity contribution is 9.10. The summed E-state index contributed by atoms with van der Waals surface area (Å²) in [5.41, 5.74) is 0. The first-order valence-corrected chi connectivity index (χ1v) is 7.99. The lowest BCUT2D eigenvalue weighted by Crippen LogP contribution is -2.36. The lowest BCUT2D eigenvalue weighted by Gasteiger charge is -2.20. The molecule has 0 heterocycles. The number of ether oxygens (including phenoxy) is 2. The maximum Gasteiger partial charge on any atom is 0.140 e. The van der Waals surface area contributed by atoms with Gasteiger partial charge in [0.15, 0.2) is 0 Å². The predicted molar refractivity (Wildman–Crippen MR) is 88.2 cm³/mol. The van der Waals surface area contributed by atoms with E-state index in [1.807, 2.05) is 0 Å². The van der Waals surface area contributed by atoms with Crippen LogP contribution < -0.4 is 10.1 Å². The molecule has 0 saturated carbocycles. The zero-order chi connectivity index (χ0) is 15.1. The second-order valence-electron chi connectivity index (χ2n) is 4.94. The molecule has 0 saturated heterocycles. The minimum absolute atomic E-state index is 0.117. The van der Waals surface area contributed by atoms with E-state index in [1.165, 1.54) is 0 Å². The lowest BCUT2D eigenvalue weighted by atomic mass is 10.2. The molecule has 1 N–H and O–H groups in total. The monoisotopic (exact) mass is 383 g/mol. The van der Waals surface area contributed by atoms with Crippen molar-refractivity contribution in [3.63, 3.8) is 0 Å². The largest absolute Gasteiger partial charge is 0.485 e. The van der Waals surface area contributed by atoms with E-state index < -0.39 is 0 Å². The number of hydrogen-bond acceptors (Lipinski definition) is 3. The van der Waals surface area contributed by atoms with Crippen LogP contribution in [0, 0.1) is 5.92 Å². The molecule has 0 bridgehead atoms. The van der Waals surface area contributed by atoms with Gasteiger partial charge in [0.25, 0.3) is 0 Å². The van der Waals surface area contributed by atoms with Gasteiger partial charge in [0.2, 0.25) is 0 Å². The van der Waals surface area contributed by atoms with Crippen molar-refractivity contribution in [2.45, 2.75) is 20.0 Å². The van der Waals surface area contributed by atoms with Crippen molar-refractivity contribution < 1.29 is 9.47 Å². The summed E-state index contributed by atoms with van der Waals surface area (Å²) in [6.07, 6.45) is -0.117. The third-order valence-electron chi connectivity index (χ3n) is 2.55. The third kappa shape index (κ3) is 6.19. The molecule has 1 aromatic carbocycles. The van der Waals surface area contributed by atoms with Crippen molar-refractivity contribution >= 4 is 39.1 Å². The Kier molecular flexibility index (Phi) is 8.22. The van der Waals surface area contributed by atoms with Crippen LogP contribution >= 0.6 is 39.1 Å². The van der Waals surface area contributed by atoms with Crippen LogP contribution in [0.5, 0.6) is 5.75 Å². The van der Waals surface area contributed by atoms with Gasteiger partial charge in [-0.2, -0.15) is 0 Å². The first kappa shape index (κ1) is 18.1. The fourth-order valence-electron chi connectivity index (χ4n) is 1.63. The summed E-state index contributed by atoms with van der Waals surface area (Å²) >= 11 is 15.5. The van der Waals surface area contributed by atoms with Crippen LogP contribution in [0.1, 0.15) is 13.8 Å². The van der Waals surface area contributed by atoms with Gasteiger partial charge < -0.3 is 14.8 Å². The van der Waals surface area contributed by atoms with Gasteiger partial charge in [0.05, 0.1) is 16.7 Å². The average molecular weight is 385 g/mol. The minimum atomic E-state index is -0.117. The molecule has 0 radical (unpaired) electrons. The van der Waals surface area contributed by atoms with Crippen molar-refractivity contribution in [1.82, 2.24) is 5.32 Å². The number of nitrogens with one attached hydrogen (secondary N) is 1. The van der Waals surface area contributed by atoms with Crippen molar-refractivity contribution in [3.8, 4) is 5.75 Å². The van der Waals surface area contributed by atoms with Gasteiger partial charge in [-0.3, -0.25) is 0 Å². The molecule has 0 aliphatic rings.